The van der Waals surface area contributed by atoms with Crippen LogP contribution in [0.5, 0.6) is 5.75 Å². The van der Waals surface area contributed by atoms with Gasteiger partial charge in [-0.3, -0.25) is 9.55 Å². The second-order valence-corrected chi connectivity index (χ2v) is 6.95. The molecule has 0 amide bonds. The standard InChI is InChI=1S/C21H22N4O3/c1-5-28-24-14(3)13(2)15-9-10-16-18-19(15)27-12-21(4,25(18)20(26)23-16)17-8-6-7-11-22-17/h6-11H,2,5,12H2,1,3-4H3,(H,23,26)/b24-14-. The molecule has 28 heavy (non-hydrogen) atoms. The summed E-state index contributed by atoms with van der Waals surface area (Å²) < 4.78 is 7.94. The molecule has 1 aliphatic heterocycles. The van der Waals surface area contributed by atoms with Crippen molar-refractivity contribution >= 4 is 22.3 Å². The maximum absolute atomic E-state index is 12.9. The zero-order valence-corrected chi connectivity index (χ0v) is 16.2. The van der Waals surface area contributed by atoms with Crippen molar-refractivity contribution in [3.05, 3.63) is 64.8 Å². The number of oxime groups is 1. The summed E-state index contributed by atoms with van der Waals surface area (Å²) in [6.07, 6.45) is 1.72. The third-order valence-corrected chi connectivity index (χ3v) is 5.10. The van der Waals surface area contributed by atoms with E-state index in [0.717, 1.165) is 11.3 Å². The Morgan fingerprint density at radius 1 is 1.43 bits per heavy atom. The van der Waals surface area contributed by atoms with Gasteiger partial charge in [-0.15, -0.1) is 0 Å². The lowest BCUT2D eigenvalue weighted by molar-refractivity contribution is 0.159. The van der Waals surface area contributed by atoms with E-state index in [-0.39, 0.29) is 12.3 Å². The first-order chi connectivity index (χ1) is 13.5. The van der Waals surface area contributed by atoms with Gasteiger partial charge in [0.05, 0.1) is 16.9 Å². The van der Waals surface area contributed by atoms with Gasteiger partial charge in [-0.2, -0.15) is 0 Å². The van der Waals surface area contributed by atoms with Gasteiger partial charge in [0.1, 0.15) is 24.3 Å². The summed E-state index contributed by atoms with van der Waals surface area (Å²) in [4.78, 5) is 25.4. The lowest BCUT2D eigenvalue weighted by Crippen LogP contribution is -2.46. The number of hydrogen-bond donors (Lipinski definition) is 1. The molecule has 1 N–H and O–H groups in total. The first-order valence-corrected chi connectivity index (χ1v) is 9.16. The fourth-order valence-electron chi connectivity index (χ4n) is 3.58. The van der Waals surface area contributed by atoms with Crippen LogP contribution in [0.15, 0.2) is 53.1 Å². The number of hydrogen-bond acceptors (Lipinski definition) is 5. The van der Waals surface area contributed by atoms with Crippen LogP contribution in [0.25, 0.3) is 16.6 Å². The van der Waals surface area contributed by atoms with Gasteiger partial charge in [0.25, 0.3) is 0 Å². The van der Waals surface area contributed by atoms with E-state index in [2.05, 4.69) is 21.7 Å². The molecule has 0 radical (unpaired) electrons. The SMILES string of the molecule is C=C(/C(C)=N\OCC)c1ccc2[nH]c(=O)n3c2c1OCC3(C)c1ccccn1. The van der Waals surface area contributed by atoms with Gasteiger partial charge in [0, 0.05) is 17.3 Å². The molecular formula is C21H22N4O3. The summed E-state index contributed by atoms with van der Waals surface area (Å²) in [5.74, 6) is 0.611. The van der Waals surface area contributed by atoms with E-state index in [1.165, 1.54) is 0 Å². The minimum atomic E-state index is -0.724. The number of aromatic amines is 1. The highest BCUT2D eigenvalue weighted by Crippen LogP contribution is 2.41. The molecule has 2 aromatic heterocycles. The van der Waals surface area contributed by atoms with E-state index < -0.39 is 5.54 Å². The predicted octanol–water partition coefficient (Wildman–Crippen LogP) is 3.31. The molecule has 7 nitrogen and oxygen atoms in total. The van der Waals surface area contributed by atoms with Crippen molar-refractivity contribution in [2.75, 3.05) is 13.2 Å². The minimum Gasteiger partial charge on any atom is -0.488 e. The van der Waals surface area contributed by atoms with Crippen molar-refractivity contribution in [3.8, 4) is 5.75 Å². The van der Waals surface area contributed by atoms with Crippen molar-refractivity contribution < 1.29 is 9.57 Å². The van der Waals surface area contributed by atoms with Gasteiger partial charge in [0.15, 0.2) is 5.75 Å². The van der Waals surface area contributed by atoms with E-state index >= 15 is 0 Å². The molecule has 0 aliphatic carbocycles. The van der Waals surface area contributed by atoms with Crippen LogP contribution in [0.3, 0.4) is 0 Å². The van der Waals surface area contributed by atoms with E-state index in [0.29, 0.717) is 34.7 Å². The summed E-state index contributed by atoms with van der Waals surface area (Å²) in [6, 6.07) is 9.40. The van der Waals surface area contributed by atoms with Crippen LogP contribution < -0.4 is 10.4 Å². The Balaban J connectivity index is 1.93. The molecule has 1 unspecified atom stereocenters. The van der Waals surface area contributed by atoms with Crippen LogP contribution in [0, 0.1) is 0 Å². The molecular weight excluding hydrogens is 356 g/mol. The number of benzene rings is 1. The van der Waals surface area contributed by atoms with Gasteiger partial charge in [-0.25, -0.2) is 4.79 Å². The number of nitrogens with zero attached hydrogens (tertiary/aromatic N) is 3. The third-order valence-electron chi connectivity index (χ3n) is 5.10. The van der Waals surface area contributed by atoms with Crippen molar-refractivity contribution in [1.82, 2.24) is 14.5 Å². The van der Waals surface area contributed by atoms with Gasteiger partial charge in [-0.05, 0) is 45.0 Å². The summed E-state index contributed by atoms with van der Waals surface area (Å²) in [7, 11) is 0. The Hall–Kier alpha value is -3.35. The Morgan fingerprint density at radius 3 is 2.96 bits per heavy atom. The fraction of sp³-hybridized carbons (Fsp3) is 0.286. The van der Waals surface area contributed by atoms with E-state index in [4.69, 9.17) is 9.57 Å². The van der Waals surface area contributed by atoms with Crippen LogP contribution in [0.1, 0.15) is 32.0 Å². The highest BCUT2D eigenvalue weighted by molar-refractivity contribution is 6.23. The van der Waals surface area contributed by atoms with Gasteiger partial charge in [0.2, 0.25) is 0 Å². The first-order valence-electron chi connectivity index (χ1n) is 9.16. The largest absolute Gasteiger partial charge is 0.488 e. The number of nitrogens with one attached hydrogen (secondary N) is 1. The van der Waals surface area contributed by atoms with Crippen LogP contribution in [0.4, 0.5) is 0 Å². The molecule has 0 spiro atoms. The normalized spacial score (nSPS) is 18.8. The van der Waals surface area contributed by atoms with Crippen LogP contribution >= 0.6 is 0 Å². The zero-order valence-electron chi connectivity index (χ0n) is 16.2. The van der Waals surface area contributed by atoms with Crippen molar-refractivity contribution in [2.24, 2.45) is 5.16 Å². The maximum Gasteiger partial charge on any atom is 0.327 e. The summed E-state index contributed by atoms with van der Waals surface area (Å²) in [5, 5.41) is 4.07. The summed E-state index contributed by atoms with van der Waals surface area (Å²) >= 11 is 0. The maximum atomic E-state index is 12.9. The Kier molecular flexibility index (Phi) is 4.30. The Labute approximate surface area is 162 Å². The average Bonchev–Trinajstić information content (AvgIpc) is 3.07. The zero-order chi connectivity index (χ0) is 19.9. The number of ether oxygens (including phenoxy) is 1. The molecule has 1 aromatic carbocycles. The predicted molar refractivity (Wildman–Crippen MR) is 109 cm³/mol. The van der Waals surface area contributed by atoms with Crippen molar-refractivity contribution in [3.63, 3.8) is 0 Å². The number of rotatable bonds is 5. The third kappa shape index (κ3) is 2.62. The lowest BCUT2D eigenvalue weighted by Gasteiger charge is -2.35. The number of aromatic nitrogens is 3. The lowest BCUT2D eigenvalue weighted by atomic mass is 9.94. The molecule has 7 heteroatoms. The monoisotopic (exact) mass is 378 g/mol. The van der Waals surface area contributed by atoms with Crippen molar-refractivity contribution in [1.29, 1.82) is 0 Å². The number of H-pyrrole nitrogens is 1. The fourth-order valence-corrected chi connectivity index (χ4v) is 3.58. The molecule has 3 heterocycles. The second kappa shape index (κ2) is 6.67. The van der Waals surface area contributed by atoms with Crippen LogP contribution in [-0.2, 0) is 10.4 Å². The van der Waals surface area contributed by atoms with Gasteiger partial charge >= 0.3 is 5.69 Å². The van der Waals surface area contributed by atoms with Crippen LogP contribution in [0.2, 0.25) is 0 Å². The van der Waals surface area contributed by atoms with E-state index in [1.54, 1.807) is 10.8 Å². The molecule has 0 fully saturated rings. The quantitative estimate of drug-likeness (QED) is 0.546. The van der Waals surface area contributed by atoms with E-state index in [1.807, 2.05) is 51.1 Å². The van der Waals surface area contributed by atoms with E-state index in [9.17, 15) is 4.79 Å². The Bertz CT molecular complexity index is 1140. The molecule has 0 bridgehead atoms. The summed E-state index contributed by atoms with van der Waals surface area (Å²) in [6.45, 7) is 10.6. The first kappa shape index (κ1) is 18.0. The summed E-state index contributed by atoms with van der Waals surface area (Å²) in [5.41, 5.74) is 3.37. The number of allylic oxidation sites excluding steroid dienone is 1. The second-order valence-electron chi connectivity index (χ2n) is 6.95. The molecule has 0 saturated carbocycles. The van der Waals surface area contributed by atoms with Crippen LogP contribution in [-0.4, -0.2) is 33.5 Å². The molecule has 0 saturated heterocycles. The average molecular weight is 378 g/mol. The van der Waals surface area contributed by atoms with Gasteiger partial charge in [-0.1, -0.05) is 17.8 Å². The van der Waals surface area contributed by atoms with Crippen molar-refractivity contribution in [2.45, 2.75) is 26.3 Å². The molecule has 1 aliphatic rings. The Morgan fingerprint density at radius 2 is 2.25 bits per heavy atom. The topological polar surface area (TPSA) is 81.5 Å². The minimum absolute atomic E-state index is 0.199. The molecule has 3 aromatic rings. The molecule has 144 valence electrons. The number of imidazole rings is 1. The van der Waals surface area contributed by atoms with Gasteiger partial charge < -0.3 is 14.6 Å². The number of pyridine rings is 1. The highest BCUT2D eigenvalue weighted by atomic mass is 16.6. The molecule has 4 rings (SSSR count). The molecule has 1 atom stereocenters. The highest BCUT2D eigenvalue weighted by Gasteiger charge is 2.39. The smallest absolute Gasteiger partial charge is 0.327 e.